The van der Waals surface area contributed by atoms with Crippen molar-refractivity contribution in [3.05, 3.63) is 35.4 Å². The van der Waals surface area contributed by atoms with Crippen molar-refractivity contribution in [1.82, 2.24) is 10.2 Å². The van der Waals surface area contributed by atoms with Crippen molar-refractivity contribution >= 4 is 5.91 Å². The van der Waals surface area contributed by atoms with E-state index in [1.54, 1.807) is 0 Å². The summed E-state index contributed by atoms with van der Waals surface area (Å²) in [6, 6.07) is 8.37. The number of hydrogen-bond acceptors (Lipinski definition) is 3. The molecule has 0 aromatic heterocycles. The molecule has 0 saturated carbocycles. The molecule has 1 aliphatic rings. The first-order chi connectivity index (χ1) is 9.58. The molecule has 0 bridgehead atoms. The van der Waals surface area contributed by atoms with Gasteiger partial charge in [0.15, 0.2) is 0 Å². The van der Waals surface area contributed by atoms with Crippen LogP contribution in [0.1, 0.15) is 31.0 Å². The maximum atomic E-state index is 12.3. The SMILES string of the molecule is Cc1cccc([C@@H](C)NC(C)C(=O)N2CCOCC2)c1. The molecule has 0 spiro atoms. The van der Waals surface area contributed by atoms with Gasteiger partial charge in [-0.1, -0.05) is 29.8 Å². The molecule has 1 aromatic carbocycles. The molecule has 1 heterocycles. The van der Waals surface area contributed by atoms with Crippen LogP contribution in [0.2, 0.25) is 0 Å². The Labute approximate surface area is 121 Å². The van der Waals surface area contributed by atoms with Gasteiger partial charge < -0.3 is 9.64 Å². The van der Waals surface area contributed by atoms with E-state index in [-0.39, 0.29) is 18.0 Å². The molecule has 2 rings (SSSR count). The molecule has 1 saturated heterocycles. The van der Waals surface area contributed by atoms with Crippen LogP contribution in [0, 0.1) is 6.92 Å². The van der Waals surface area contributed by atoms with Crippen LogP contribution in [-0.2, 0) is 9.53 Å². The monoisotopic (exact) mass is 276 g/mol. The minimum atomic E-state index is -0.177. The van der Waals surface area contributed by atoms with Gasteiger partial charge in [0, 0.05) is 19.1 Å². The fourth-order valence-electron chi connectivity index (χ4n) is 2.54. The fourth-order valence-corrected chi connectivity index (χ4v) is 2.54. The van der Waals surface area contributed by atoms with E-state index in [0.717, 1.165) is 0 Å². The van der Waals surface area contributed by atoms with E-state index in [0.29, 0.717) is 26.3 Å². The van der Waals surface area contributed by atoms with Crippen LogP contribution in [0.25, 0.3) is 0 Å². The summed E-state index contributed by atoms with van der Waals surface area (Å²) in [4.78, 5) is 14.2. The van der Waals surface area contributed by atoms with E-state index in [4.69, 9.17) is 4.74 Å². The molecule has 1 N–H and O–H groups in total. The van der Waals surface area contributed by atoms with Crippen molar-refractivity contribution < 1.29 is 9.53 Å². The maximum absolute atomic E-state index is 12.3. The molecule has 20 heavy (non-hydrogen) atoms. The van der Waals surface area contributed by atoms with Gasteiger partial charge in [0.05, 0.1) is 19.3 Å². The van der Waals surface area contributed by atoms with Crippen LogP contribution in [0.3, 0.4) is 0 Å². The smallest absolute Gasteiger partial charge is 0.239 e. The summed E-state index contributed by atoms with van der Waals surface area (Å²) in [5.41, 5.74) is 2.45. The number of ether oxygens (including phenoxy) is 1. The Kier molecular flexibility index (Phi) is 5.15. The standard InChI is InChI=1S/C16H24N2O2/c1-12-5-4-6-15(11-12)13(2)17-14(3)16(19)18-7-9-20-10-8-18/h4-6,11,13-14,17H,7-10H2,1-3H3/t13-,14?/m1/s1. The molecular weight excluding hydrogens is 252 g/mol. The fraction of sp³-hybridized carbons (Fsp3) is 0.562. The highest BCUT2D eigenvalue weighted by atomic mass is 16.5. The molecule has 4 heteroatoms. The van der Waals surface area contributed by atoms with Crippen LogP contribution in [-0.4, -0.2) is 43.2 Å². The van der Waals surface area contributed by atoms with Crippen LogP contribution < -0.4 is 5.32 Å². The van der Waals surface area contributed by atoms with E-state index < -0.39 is 0 Å². The molecule has 0 radical (unpaired) electrons. The Hall–Kier alpha value is -1.39. The van der Waals surface area contributed by atoms with Gasteiger partial charge in [-0.3, -0.25) is 10.1 Å². The molecule has 110 valence electrons. The lowest BCUT2D eigenvalue weighted by Crippen LogP contribution is -2.49. The first-order valence-electron chi connectivity index (χ1n) is 7.27. The summed E-state index contributed by atoms with van der Waals surface area (Å²) >= 11 is 0. The Bertz CT molecular complexity index is 456. The van der Waals surface area contributed by atoms with E-state index in [2.05, 4.69) is 43.4 Å². The average molecular weight is 276 g/mol. The van der Waals surface area contributed by atoms with E-state index >= 15 is 0 Å². The van der Waals surface area contributed by atoms with Crippen molar-refractivity contribution in [2.75, 3.05) is 26.3 Å². The number of morpholine rings is 1. The number of aryl methyl sites for hydroxylation is 1. The summed E-state index contributed by atoms with van der Waals surface area (Å²) in [6.45, 7) is 8.80. The van der Waals surface area contributed by atoms with Crippen LogP contribution in [0.5, 0.6) is 0 Å². The highest BCUT2D eigenvalue weighted by Crippen LogP contribution is 2.15. The molecule has 1 aromatic rings. The van der Waals surface area contributed by atoms with E-state index in [1.165, 1.54) is 11.1 Å². The lowest BCUT2D eigenvalue weighted by molar-refractivity contribution is -0.137. The van der Waals surface area contributed by atoms with Crippen molar-refractivity contribution in [3.8, 4) is 0 Å². The molecule has 4 nitrogen and oxygen atoms in total. The number of amides is 1. The van der Waals surface area contributed by atoms with Crippen molar-refractivity contribution in [2.45, 2.75) is 32.9 Å². The third-order valence-electron chi connectivity index (χ3n) is 3.74. The van der Waals surface area contributed by atoms with E-state index in [9.17, 15) is 4.79 Å². The second-order valence-corrected chi connectivity index (χ2v) is 5.46. The van der Waals surface area contributed by atoms with Gasteiger partial charge in [0.25, 0.3) is 0 Å². The zero-order valence-corrected chi connectivity index (χ0v) is 12.6. The lowest BCUT2D eigenvalue weighted by atomic mass is 10.0. The highest BCUT2D eigenvalue weighted by Gasteiger charge is 2.23. The Morgan fingerprint density at radius 3 is 2.65 bits per heavy atom. The van der Waals surface area contributed by atoms with Crippen molar-refractivity contribution in [1.29, 1.82) is 0 Å². The molecule has 1 aliphatic heterocycles. The summed E-state index contributed by atoms with van der Waals surface area (Å²) in [7, 11) is 0. The van der Waals surface area contributed by atoms with Gasteiger partial charge in [0.2, 0.25) is 5.91 Å². The van der Waals surface area contributed by atoms with Gasteiger partial charge in [0.1, 0.15) is 0 Å². The number of rotatable bonds is 4. The topological polar surface area (TPSA) is 41.6 Å². The summed E-state index contributed by atoms with van der Waals surface area (Å²) < 4.78 is 5.28. The Morgan fingerprint density at radius 2 is 2.00 bits per heavy atom. The van der Waals surface area contributed by atoms with Gasteiger partial charge in [-0.05, 0) is 26.3 Å². The highest BCUT2D eigenvalue weighted by molar-refractivity contribution is 5.81. The molecule has 1 amide bonds. The van der Waals surface area contributed by atoms with E-state index in [1.807, 2.05) is 11.8 Å². The van der Waals surface area contributed by atoms with Gasteiger partial charge in [-0.15, -0.1) is 0 Å². The summed E-state index contributed by atoms with van der Waals surface area (Å²) in [5.74, 6) is 0.160. The number of nitrogens with zero attached hydrogens (tertiary/aromatic N) is 1. The average Bonchev–Trinajstić information content (AvgIpc) is 2.47. The first kappa shape index (κ1) is 15.0. The maximum Gasteiger partial charge on any atom is 0.239 e. The molecule has 1 fully saturated rings. The number of carbonyl (C=O) groups excluding carboxylic acids is 1. The number of nitrogens with one attached hydrogen (secondary N) is 1. The van der Waals surface area contributed by atoms with Crippen LogP contribution >= 0.6 is 0 Å². The molecule has 1 unspecified atom stereocenters. The minimum absolute atomic E-state index is 0.160. The molecule has 2 atom stereocenters. The summed E-state index contributed by atoms with van der Waals surface area (Å²) in [5, 5.41) is 3.39. The Morgan fingerprint density at radius 1 is 1.30 bits per heavy atom. The number of benzene rings is 1. The largest absolute Gasteiger partial charge is 0.378 e. The van der Waals surface area contributed by atoms with Gasteiger partial charge in [-0.25, -0.2) is 0 Å². The third-order valence-corrected chi connectivity index (χ3v) is 3.74. The molecule has 0 aliphatic carbocycles. The number of carbonyl (C=O) groups is 1. The Balaban J connectivity index is 1.92. The first-order valence-corrected chi connectivity index (χ1v) is 7.27. The third kappa shape index (κ3) is 3.81. The zero-order valence-electron chi connectivity index (χ0n) is 12.6. The minimum Gasteiger partial charge on any atom is -0.378 e. The predicted molar refractivity (Wildman–Crippen MR) is 79.6 cm³/mol. The van der Waals surface area contributed by atoms with Crippen molar-refractivity contribution in [3.63, 3.8) is 0 Å². The summed E-state index contributed by atoms with van der Waals surface area (Å²) in [6.07, 6.45) is 0. The lowest BCUT2D eigenvalue weighted by Gasteiger charge is -2.30. The van der Waals surface area contributed by atoms with Crippen LogP contribution in [0.4, 0.5) is 0 Å². The number of hydrogen-bond donors (Lipinski definition) is 1. The predicted octanol–water partition coefficient (Wildman–Crippen LogP) is 1.89. The second-order valence-electron chi connectivity index (χ2n) is 5.46. The molecular formula is C16H24N2O2. The quantitative estimate of drug-likeness (QED) is 0.913. The zero-order chi connectivity index (χ0) is 14.5. The van der Waals surface area contributed by atoms with Crippen LogP contribution in [0.15, 0.2) is 24.3 Å². The van der Waals surface area contributed by atoms with Gasteiger partial charge in [-0.2, -0.15) is 0 Å². The van der Waals surface area contributed by atoms with Crippen molar-refractivity contribution in [2.24, 2.45) is 0 Å². The van der Waals surface area contributed by atoms with Gasteiger partial charge >= 0.3 is 0 Å². The second kappa shape index (κ2) is 6.86. The normalized spacial score (nSPS) is 18.6.